The number of pyridine rings is 2. The summed E-state index contributed by atoms with van der Waals surface area (Å²) >= 11 is 0. The molecular formula is C27H28N6O2. The lowest BCUT2D eigenvalue weighted by atomic mass is 9.97. The second kappa shape index (κ2) is 9.11. The van der Waals surface area contributed by atoms with Gasteiger partial charge in [-0.1, -0.05) is 6.07 Å². The summed E-state index contributed by atoms with van der Waals surface area (Å²) < 4.78 is 5.98. The highest BCUT2D eigenvalue weighted by Crippen LogP contribution is 2.37. The van der Waals surface area contributed by atoms with E-state index in [9.17, 15) is 4.79 Å². The van der Waals surface area contributed by atoms with Gasteiger partial charge in [0.05, 0.1) is 16.9 Å². The van der Waals surface area contributed by atoms with E-state index in [1.165, 1.54) is 12.8 Å². The zero-order valence-corrected chi connectivity index (χ0v) is 19.6. The molecule has 0 radical (unpaired) electrons. The molecule has 2 unspecified atom stereocenters. The summed E-state index contributed by atoms with van der Waals surface area (Å²) in [5, 5.41) is 11.1. The van der Waals surface area contributed by atoms with E-state index in [1.807, 2.05) is 36.4 Å². The molecule has 5 heterocycles. The number of rotatable bonds is 6. The molecule has 1 amide bonds. The maximum atomic E-state index is 11.5. The van der Waals surface area contributed by atoms with E-state index >= 15 is 0 Å². The molecule has 2 fully saturated rings. The molecule has 2 atom stereocenters. The van der Waals surface area contributed by atoms with Gasteiger partial charge in [0.25, 0.3) is 0 Å². The van der Waals surface area contributed by atoms with Crippen LogP contribution in [0.4, 0.5) is 0 Å². The lowest BCUT2D eigenvalue weighted by molar-refractivity contribution is -0.120. The molecule has 6 rings (SSSR count). The highest BCUT2D eigenvalue weighted by molar-refractivity contribution is 5.80. The molecule has 2 aliphatic rings. The van der Waals surface area contributed by atoms with E-state index in [1.54, 1.807) is 19.3 Å². The molecule has 35 heavy (non-hydrogen) atoms. The normalized spacial score (nSPS) is 21.8. The third kappa shape index (κ3) is 4.61. The monoisotopic (exact) mass is 468 g/mol. The van der Waals surface area contributed by atoms with Crippen molar-refractivity contribution in [1.29, 1.82) is 0 Å². The number of hydrogen-bond donors (Lipinski definition) is 2. The van der Waals surface area contributed by atoms with Crippen LogP contribution in [0.25, 0.3) is 22.2 Å². The molecule has 2 N–H and O–H groups in total. The predicted molar refractivity (Wildman–Crippen MR) is 133 cm³/mol. The van der Waals surface area contributed by atoms with E-state index in [0.717, 1.165) is 53.0 Å². The average Bonchev–Trinajstić information content (AvgIpc) is 3.46. The number of carbonyl (C=O) groups excluding carboxylic acids is 1. The Kier molecular flexibility index (Phi) is 5.66. The van der Waals surface area contributed by atoms with Crippen molar-refractivity contribution in [2.24, 2.45) is 0 Å². The second-order valence-electron chi connectivity index (χ2n) is 9.53. The van der Waals surface area contributed by atoms with Gasteiger partial charge < -0.3 is 10.1 Å². The summed E-state index contributed by atoms with van der Waals surface area (Å²) in [6.07, 6.45) is 8.00. The Morgan fingerprint density at radius 1 is 1.11 bits per heavy atom. The van der Waals surface area contributed by atoms with Crippen LogP contribution in [0.5, 0.6) is 11.6 Å². The van der Waals surface area contributed by atoms with Gasteiger partial charge in [-0.15, -0.1) is 0 Å². The van der Waals surface area contributed by atoms with Gasteiger partial charge in [0, 0.05) is 61.0 Å². The molecule has 2 saturated heterocycles. The summed E-state index contributed by atoms with van der Waals surface area (Å²) in [5.74, 6) is 1.33. The number of H-pyrrole nitrogens is 1. The Hall–Kier alpha value is -3.78. The quantitative estimate of drug-likeness (QED) is 0.434. The molecule has 8 nitrogen and oxygen atoms in total. The molecule has 0 spiro atoms. The topological polar surface area (TPSA) is 96.0 Å². The number of nitrogens with zero attached hydrogens (tertiary/aromatic N) is 4. The number of piperidine rings is 1. The van der Waals surface area contributed by atoms with E-state index in [0.29, 0.717) is 24.0 Å². The van der Waals surface area contributed by atoms with Crippen molar-refractivity contribution in [3.63, 3.8) is 0 Å². The largest absolute Gasteiger partial charge is 0.439 e. The number of fused-ring (bicyclic) bond motifs is 3. The van der Waals surface area contributed by atoms with Crippen molar-refractivity contribution in [3.8, 4) is 22.9 Å². The zero-order chi connectivity index (χ0) is 23.8. The van der Waals surface area contributed by atoms with Gasteiger partial charge in [-0.05, 0) is 62.1 Å². The number of amides is 1. The lowest BCUT2D eigenvalue weighted by Crippen LogP contribution is -2.49. The van der Waals surface area contributed by atoms with Crippen LogP contribution in [0.15, 0.2) is 60.9 Å². The van der Waals surface area contributed by atoms with E-state index in [2.05, 4.69) is 37.5 Å². The first-order valence-corrected chi connectivity index (χ1v) is 12.2. The molecule has 2 aliphatic heterocycles. The Labute approximate surface area is 203 Å². The maximum absolute atomic E-state index is 11.5. The number of hydrogen-bond acceptors (Lipinski definition) is 6. The fraction of sp³-hybridized carbons (Fsp3) is 0.333. The minimum atomic E-state index is 0.0733. The fourth-order valence-electron chi connectivity index (χ4n) is 5.56. The summed E-state index contributed by atoms with van der Waals surface area (Å²) in [7, 11) is 0. The zero-order valence-electron chi connectivity index (χ0n) is 19.6. The number of benzene rings is 1. The van der Waals surface area contributed by atoms with Crippen molar-refractivity contribution >= 4 is 16.8 Å². The lowest BCUT2D eigenvalue weighted by Gasteiger charge is -2.38. The van der Waals surface area contributed by atoms with Crippen molar-refractivity contribution in [3.05, 3.63) is 66.6 Å². The molecule has 3 aromatic heterocycles. The molecule has 4 aromatic rings. The highest BCUT2D eigenvalue weighted by Gasteiger charge is 2.40. The van der Waals surface area contributed by atoms with Crippen LogP contribution in [0.2, 0.25) is 0 Å². The first-order valence-electron chi connectivity index (χ1n) is 12.2. The van der Waals surface area contributed by atoms with Crippen LogP contribution in [0, 0.1) is 0 Å². The average molecular weight is 469 g/mol. The third-order valence-corrected chi connectivity index (χ3v) is 7.11. The van der Waals surface area contributed by atoms with Crippen molar-refractivity contribution < 1.29 is 9.53 Å². The number of aromatic amines is 1. The molecule has 0 saturated carbocycles. The molecular weight excluding hydrogens is 440 g/mol. The Morgan fingerprint density at radius 3 is 2.69 bits per heavy atom. The summed E-state index contributed by atoms with van der Waals surface area (Å²) in [5.41, 5.74) is 3.82. The van der Waals surface area contributed by atoms with Gasteiger partial charge >= 0.3 is 0 Å². The van der Waals surface area contributed by atoms with E-state index in [-0.39, 0.29) is 5.91 Å². The van der Waals surface area contributed by atoms with Crippen molar-refractivity contribution in [1.82, 2.24) is 30.4 Å². The number of carbonyl (C=O) groups is 1. The second-order valence-corrected chi connectivity index (χ2v) is 9.53. The first-order chi connectivity index (χ1) is 17.1. The predicted octanol–water partition coefficient (Wildman–Crippen LogP) is 4.44. The van der Waals surface area contributed by atoms with Crippen LogP contribution >= 0.6 is 0 Å². The molecule has 2 bridgehead atoms. The number of nitrogens with one attached hydrogen (secondary N) is 2. The molecule has 1 aromatic carbocycles. The molecule has 178 valence electrons. The fourth-order valence-corrected chi connectivity index (χ4v) is 5.56. The summed E-state index contributed by atoms with van der Waals surface area (Å²) in [4.78, 5) is 23.4. The van der Waals surface area contributed by atoms with Crippen molar-refractivity contribution in [2.45, 2.75) is 57.3 Å². The minimum Gasteiger partial charge on any atom is -0.439 e. The van der Waals surface area contributed by atoms with Crippen LogP contribution in [-0.2, 0) is 11.3 Å². The van der Waals surface area contributed by atoms with E-state index < -0.39 is 0 Å². The van der Waals surface area contributed by atoms with Crippen LogP contribution in [-0.4, -0.2) is 49.1 Å². The Balaban J connectivity index is 1.13. The smallest absolute Gasteiger partial charge is 0.219 e. The van der Waals surface area contributed by atoms with Crippen LogP contribution in [0.1, 0.15) is 38.3 Å². The number of aromatic nitrogens is 4. The van der Waals surface area contributed by atoms with Crippen LogP contribution in [0.3, 0.4) is 0 Å². The van der Waals surface area contributed by atoms with Crippen molar-refractivity contribution in [2.75, 3.05) is 0 Å². The standard InChI is InChI=1S/C27H28N6O2/c1-17(34)30-21-13-22-5-6-23(14-21)33(22)16-20-4-2-18-12-24(7-8-25(18)31-20)35-27-9-3-19(15-28-27)26-10-11-29-32-26/h2-4,7-12,15,21-23H,5-6,13-14,16H2,1H3,(H,29,32)(H,30,34). The van der Waals surface area contributed by atoms with Gasteiger partial charge in [0.15, 0.2) is 0 Å². The van der Waals surface area contributed by atoms with Gasteiger partial charge in [-0.2, -0.15) is 5.10 Å². The van der Waals surface area contributed by atoms with Gasteiger partial charge in [-0.25, -0.2) is 4.98 Å². The SMILES string of the molecule is CC(=O)NC1CC2CCC(C1)N2Cc1ccc2cc(Oc3ccc(-c4cc[nH]n4)cn3)ccc2n1. The molecule has 8 heteroatoms. The maximum Gasteiger partial charge on any atom is 0.219 e. The van der Waals surface area contributed by atoms with Crippen LogP contribution < -0.4 is 10.1 Å². The van der Waals surface area contributed by atoms with Gasteiger partial charge in [0.2, 0.25) is 11.8 Å². The minimum absolute atomic E-state index is 0.0733. The summed E-state index contributed by atoms with van der Waals surface area (Å²) in [6, 6.07) is 17.2. The number of ether oxygens (including phenoxy) is 1. The Morgan fingerprint density at radius 2 is 1.97 bits per heavy atom. The Bertz CT molecular complexity index is 1320. The molecule has 0 aliphatic carbocycles. The summed E-state index contributed by atoms with van der Waals surface area (Å²) in [6.45, 7) is 2.46. The van der Waals surface area contributed by atoms with Gasteiger partial charge in [-0.3, -0.25) is 19.8 Å². The van der Waals surface area contributed by atoms with Gasteiger partial charge in [0.1, 0.15) is 5.75 Å². The third-order valence-electron chi connectivity index (χ3n) is 7.11. The highest BCUT2D eigenvalue weighted by atomic mass is 16.5. The first kappa shape index (κ1) is 21.7. The van der Waals surface area contributed by atoms with E-state index in [4.69, 9.17) is 9.72 Å².